The Hall–Kier alpha value is -2.29. The quantitative estimate of drug-likeness (QED) is 0.616. The lowest BCUT2D eigenvalue weighted by Crippen LogP contribution is -2.34. The third-order valence-electron chi connectivity index (χ3n) is 2.79. The zero-order valence-electron chi connectivity index (χ0n) is 12.0. The van der Waals surface area contributed by atoms with Gasteiger partial charge in [-0.05, 0) is 35.8 Å². The molecule has 0 fully saturated rings. The Labute approximate surface area is 142 Å². The highest BCUT2D eigenvalue weighted by molar-refractivity contribution is 7.80. The topological polar surface area (TPSA) is 90.5 Å². The number of thiocarbonyl (C=S) groups is 1. The van der Waals surface area contributed by atoms with Gasteiger partial charge in [-0.3, -0.25) is 14.9 Å². The average Bonchev–Trinajstić information content (AvgIpc) is 3.07. The average molecular weight is 349 g/mol. The predicted octanol–water partition coefficient (Wildman–Crippen LogP) is 1.60. The molecule has 0 bridgehead atoms. The minimum absolute atomic E-state index is 0.103. The summed E-state index contributed by atoms with van der Waals surface area (Å²) in [5.74, 6) is -0.644. The molecule has 1 aromatic carbocycles. The Balaban J connectivity index is 2.03. The van der Waals surface area contributed by atoms with Crippen LogP contribution in [0.25, 0.3) is 0 Å². The number of aliphatic hydroxyl groups is 1. The van der Waals surface area contributed by atoms with E-state index in [1.807, 2.05) is 0 Å². The number of thiophene rings is 1. The molecule has 6 nitrogen and oxygen atoms in total. The number of hydrogen-bond donors (Lipinski definition) is 4. The zero-order chi connectivity index (χ0) is 16.7. The van der Waals surface area contributed by atoms with Crippen molar-refractivity contribution in [2.24, 2.45) is 0 Å². The lowest BCUT2D eigenvalue weighted by atomic mass is 10.1. The molecule has 0 atom stereocenters. The molecule has 1 heterocycles. The molecule has 0 radical (unpaired) electrons. The summed E-state index contributed by atoms with van der Waals surface area (Å²) in [7, 11) is 0. The molecule has 2 amide bonds. The van der Waals surface area contributed by atoms with Gasteiger partial charge >= 0.3 is 0 Å². The summed E-state index contributed by atoms with van der Waals surface area (Å²) in [5.41, 5.74) is 0.841. The lowest BCUT2D eigenvalue weighted by Gasteiger charge is -2.13. The highest BCUT2D eigenvalue weighted by atomic mass is 32.1. The Bertz CT molecular complexity index is 702. The minimum Gasteiger partial charge on any atom is -0.395 e. The number of carbonyl (C=O) groups excluding carboxylic acids is 2. The van der Waals surface area contributed by atoms with E-state index in [0.717, 1.165) is 0 Å². The minimum atomic E-state index is -0.338. The van der Waals surface area contributed by atoms with E-state index in [4.69, 9.17) is 17.3 Å². The number of carbonyl (C=O) groups is 2. The van der Waals surface area contributed by atoms with E-state index in [2.05, 4.69) is 16.0 Å². The Kier molecular flexibility index (Phi) is 6.21. The van der Waals surface area contributed by atoms with Crippen LogP contribution in [-0.4, -0.2) is 35.2 Å². The largest absolute Gasteiger partial charge is 0.395 e. The van der Waals surface area contributed by atoms with Gasteiger partial charge in [0.1, 0.15) is 0 Å². The van der Waals surface area contributed by atoms with Crippen LogP contribution < -0.4 is 16.0 Å². The SMILES string of the molecule is O=C(NC(=S)Nc1ccccc1C(=O)NCCO)c1cccs1. The Morgan fingerprint density at radius 1 is 1.13 bits per heavy atom. The second-order valence-corrected chi connectivity index (χ2v) is 5.77. The van der Waals surface area contributed by atoms with Crippen LogP contribution in [0.3, 0.4) is 0 Å². The highest BCUT2D eigenvalue weighted by Crippen LogP contribution is 2.15. The molecule has 23 heavy (non-hydrogen) atoms. The number of benzene rings is 1. The van der Waals surface area contributed by atoms with Crippen molar-refractivity contribution in [3.63, 3.8) is 0 Å². The summed E-state index contributed by atoms with van der Waals surface area (Å²) in [6, 6.07) is 10.2. The molecule has 2 rings (SSSR count). The van der Waals surface area contributed by atoms with Gasteiger partial charge in [-0.25, -0.2) is 0 Å². The van der Waals surface area contributed by atoms with E-state index in [-0.39, 0.29) is 30.1 Å². The maximum Gasteiger partial charge on any atom is 0.267 e. The van der Waals surface area contributed by atoms with Gasteiger partial charge in [0.05, 0.1) is 22.7 Å². The van der Waals surface area contributed by atoms with E-state index in [0.29, 0.717) is 16.1 Å². The summed E-state index contributed by atoms with van der Waals surface area (Å²) < 4.78 is 0. The first kappa shape index (κ1) is 17.1. The van der Waals surface area contributed by atoms with Crippen molar-refractivity contribution in [1.82, 2.24) is 10.6 Å². The number of nitrogens with one attached hydrogen (secondary N) is 3. The predicted molar refractivity (Wildman–Crippen MR) is 93.9 cm³/mol. The third-order valence-corrected chi connectivity index (χ3v) is 3.86. The summed E-state index contributed by atoms with van der Waals surface area (Å²) in [4.78, 5) is 24.5. The van der Waals surface area contributed by atoms with Crippen LogP contribution in [0, 0.1) is 0 Å². The molecule has 0 aliphatic heterocycles. The van der Waals surface area contributed by atoms with Crippen LogP contribution in [0.4, 0.5) is 5.69 Å². The van der Waals surface area contributed by atoms with Crippen LogP contribution >= 0.6 is 23.6 Å². The van der Waals surface area contributed by atoms with E-state index in [1.54, 1.807) is 41.8 Å². The van der Waals surface area contributed by atoms with E-state index < -0.39 is 0 Å². The summed E-state index contributed by atoms with van der Waals surface area (Å²) in [5, 5.41) is 18.6. The maximum absolute atomic E-state index is 12.0. The van der Waals surface area contributed by atoms with Crippen molar-refractivity contribution in [2.45, 2.75) is 0 Å². The molecule has 0 saturated heterocycles. The van der Waals surface area contributed by atoms with Gasteiger partial charge < -0.3 is 15.7 Å². The standard InChI is InChI=1S/C15H15N3O3S2/c19-8-7-16-13(20)10-4-1-2-5-11(10)17-15(22)18-14(21)12-6-3-9-23-12/h1-6,9,19H,7-8H2,(H,16,20)(H2,17,18,21,22). The zero-order valence-corrected chi connectivity index (χ0v) is 13.7. The highest BCUT2D eigenvalue weighted by Gasteiger charge is 2.13. The number of anilines is 1. The maximum atomic E-state index is 12.0. The van der Waals surface area contributed by atoms with Crippen LogP contribution in [0.1, 0.15) is 20.0 Å². The Morgan fingerprint density at radius 3 is 2.61 bits per heavy atom. The molecular weight excluding hydrogens is 334 g/mol. The number of para-hydroxylation sites is 1. The lowest BCUT2D eigenvalue weighted by molar-refractivity contribution is 0.0944. The molecule has 0 saturated carbocycles. The number of amides is 2. The molecule has 8 heteroatoms. The molecular formula is C15H15N3O3S2. The van der Waals surface area contributed by atoms with Crippen molar-refractivity contribution >= 4 is 46.2 Å². The fraction of sp³-hybridized carbons (Fsp3) is 0.133. The van der Waals surface area contributed by atoms with Gasteiger partial charge in [-0.15, -0.1) is 11.3 Å². The monoisotopic (exact) mass is 349 g/mol. The van der Waals surface area contributed by atoms with Crippen molar-refractivity contribution in [1.29, 1.82) is 0 Å². The van der Waals surface area contributed by atoms with Crippen molar-refractivity contribution in [3.05, 3.63) is 52.2 Å². The van der Waals surface area contributed by atoms with E-state index in [1.165, 1.54) is 11.3 Å². The molecule has 0 aliphatic carbocycles. The fourth-order valence-corrected chi connectivity index (χ4v) is 2.60. The molecule has 4 N–H and O–H groups in total. The molecule has 120 valence electrons. The second kappa shape index (κ2) is 8.37. The summed E-state index contributed by atoms with van der Waals surface area (Å²) in [6.45, 7) is 0.0172. The molecule has 0 aliphatic rings. The van der Waals surface area contributed by atoms with Gasteiger partial charge in [-0.2, -0.15) is 0 Å². The van der Waals surface area contributed by atoms with Gasteiger partial charge in [-0.1, -0.05) is 18.2 Å². The number of rotatable bonds is 5. The van der Waals surface area contributed by atoms with E-state index >= 15 is 0 Å². The second-order valence-electron chi connectivity index (χ2n) is 4.41. The third kappa shape index (κ3) is 4.85. The summed E-state index contributed by atoms with van der Waals surface area (Å²) >= 11 is 6.42. The van der Waals surface area contributed by atoms with Crippen LogP contribution in [0.5, 0.6) is 0 Å². The molecule has 0 spiro atoms. The van der Waals surface area contributed by atoms with Crippen molar-refractivity contribution in [2.75, 3.05) is 18.5 Å². The van der Waals surface area contributed by atoms with Gasteiger partial charge in [0, 0.05) is 6.54 Å². The molecule has 2 aromatic rings. The smallest absolute Gasteiger partial charge is 0.267 e. The van der Waals surface area contributed by atoms with Gasteiger partial charge in [0.2, 0.25) is 0 Å². The number of hydrogen-bond acceptors (Lipinski definition) is 5. The fourth-order valence-electron chi connectivity index (χ4n) is 1.78. The van der Waals surface area contributed by atoms with Crippen LogP contribution in [0.2, 0.25) is 0 Å². The summed E-state index contributed by atoms with van der Waals surface area (Å²) in [6.07, 6.45) is 0. The van der Waals surface area contributed by atoms with Gasteiger partial charge in [0.25, 0.3) is 11.8 Å². The van der Waals surface area contributed by atoms with Crippen LogP contribution in [-0.2, 0) is 0 Å². The Morgan fingerprint density at radius 2 is 1.91 bits per heavy atom. The first-order valence-corrected chi connectivity index (χ1v) is 8.04. The van der Waals surface area contributed by atoms with Crippen LogP contribution in [0.15, 0.2) is 41.8 Å². The molecule has 0 unspecified atom stereocenters. The normalized spacial score (nSPS) is 9.96. The first-order valence-electron chi connectivity index (χ1n) is 6.75. The number of aliphatic hydroxyl groups excluding tert-OH is 1. The first-order chi connectivity index (χ1) is 11.1. The van der Waals surface area contributed by atoms with Gasteiger partial charge in [0.15, 0.2) is 5.11 Å². The molecule has 1 aromatic heterocycles. The van der Waals surface area contributed by atoms with Crippen molar-refractivity contribution < 1.29 is 14.7 Å². The van der Waals surface area contributed by atoms with Crippen molar-refractivity contribution in [3.8, 4) is 0 Å². The van der Waals surface area contributed by atoms with E-state index in [9.17, 15) is 9.59 Å².